The number of nitrogens with one attached hydrogen (secondary N) is 5. The second-order valence-corrected chi connectivity index (χ2v) is 10.8. The van der Waals surface area contributed by atoms with Gasteiger partial charge in [-0.3, -0.25) is 38.8 Å². The lowest BCUT2D eigenvalue weighted by molar-refractivity contribution is -0.143. The number of carboxylic acids is 2. The van der Waals surface area contributed by atoms with Crippen molar-refractivity contribution in [3.8, 4) is 0 Å². The van der Waals surface area contributed by atoms with Gasteiger partial charge >= 0.3 is 11.9 Å². The van der Waals surface area contributed by atoms with Crippen LogP contribution >= 0.6 is 0 Å². The lowest BCUT2D eigenvalue weighted by Crippen LogP contribution is -2.54. The van der Waals surface area contributed by atoms with Gasteiger partial charge in [0.05, 0.1) is 19.1 Å². The molecule has 0 saturated heterocycles. The van der Waals surface area contributed by atoms with Crippen molar-refractivity contribution in [1.29, 1.82) is 0 Å². The van der Waals surface area contributed by atoms with Crippen molar-refractivity contribution in [2.24, 2.45) is 44.4 Å². The number of hydrogen-bond acceptors (Lipinski definition) is 11. The summed E-state index contributed by atoms with van der Waals surface area (Å²) >= 11 is 0. The summed E-state index contributed by atoms with van der Waals surface area (Å²) in [7, 11) is 0. The van der Waals surface area contributed by atoms with Crippen LogP contribution in [0, 0.1) is 0 Å². The first-order valence-electron chi connectivity index (χ1n) is 15.5. The van der Waals surface area contributed by atoms with Crippen molar-refractivity contribution < 1.29 is 43.8 Å². The molecule has 0 aromatic heterocycles. The molecule has 0 fully saturated rings. The van der Waals surface area contributed by atoms with Crippen LogP contribution in [0.2, 0.25) is 0 Å². The highest BCUT2D eigenvalue weighted by molar-refractivity contribution is 5.94. The fourth-order valence-corrected chi connectivity index (χ4v) is 4.06. The van der Waals surface area contributed by atoms with Gasteiger partial charge in [0.1, 0.15) is 18.1 Å². The topological polar surface area (TPSA) is 401 Å². The lowest BCUT2D eigenvalue weighted by Gasteiger charge is -2.22. The third-order valence-electron chi connectivity index (χ3n) is 6.61. The van der Waals surface area contributed by atoms with Crippen molar-refractivity contribution in [3.05, 3.63) is 0 Å². The quantitative estimate of drug-likeness (QED) is 0.0227. The number of aliphatic carboxylic acids is 2. The van der Waals surface area contributed by atoms with Gasteiger partial charge in [-0.25, -0.2) is 4.79 Å². The molecule has 0 aromatic rings. The molecule has 0 spiro atoms. The molecule has 49 heavy (non-hydrogen) atoms. The largest absolute Gasteiger partial charge is 0.481 e. The van der Waals surface area contributed by atoms with Crippen molar-refractivity contribution in [2.75, 3.05) is 32.7 Å². The number of carbonyl (C=O) groups excluding carboxylic acids is 5. The molecule has 0 aliphatic rings. The summed E-state index contributed by atoms with van der Waals surface area (Å²) < 4.78 is 0. The van der Waals surface area contributed by atoms with Gasteiger partial charge < -0.3 is 71.2 Å². The van der Waals surface area contributed by atoms with Gasteiger partial charge in [0.2, 0.25) is 29.5 Å². The van der Waals surface area contributed by atoms with E-state index < -0.39 is 85.2 Å². The normalized spacial score (nSPS) is 12.9. The Hall–Kier alpha value is -5.25. The summed E-state index contributed by atoms with van der Waals surface area (Å²) in [4.78, 5) is 93.6. The Morgan fingerprint density at radius 2 is 1.08 bits per heavy atom. The third kappa shape index (κ3) is 22.0. The summed E-state index contributed by atoms with van der Waals surface area (Å²) in [5.74, 6) is -6.90. The molecule has 0 radical (unpaired) electrons. The SMILES string of the molecule is NCCCC[C@H](NC(=O)[C@H](CCC(=O)O)NC(=O)CNC(=O)[C@H](CCCN=C(N)N)NC(=O)CNC(=O)[C@@H](N)CCCN=C(N)N)C(=O)O. The highest BCUT2D eigenvalue weighted by Crippen LogP contribution is 2.05. The number of unbranched alkanes of at least 4 members (excludes halogenated alkanes) is 1. The maximum atomic E-state index is 13.0. The monoisotopic (exact) mass is 701 g/mol. The molecule has 19 N–H and O–H groups in total. The molecule has 278 valence electrons. The van der Waals surface area contributed by atoms with Gasteiger partial charge in [-0.05, 0) is 57.9 Å². The van der Waals surface area contributed by atoms with Gasteiger partial charge in [0, 0.05) is 19.5 Å². The average Bonchev–Trinajstić information content (AvgIpc) is 3.02. The molecule has 0 unspecified atom stereocenters. The lowest BCUT2D eigenvalue weighted by atomic mass is 10.1. The molecule has 0 bridgehead atoms. The summed E-state index contributed by atoms with van der Waals surface area (Å²) in [6.45, 7) is -0.533. The minimum Gasteiger partial charge on any atom is -0.481 e. The minimum absolute atomic E-state index is 0.0125. The summed E-state index contributed by atoms with van der Waals surface area (Å²) in [6.07, 6.45) is 0.952. The first-order chi connectivity index (χ1) is 23.1. The highest BCUT2D eigenvalue weighted by Gasteiger charge is 2.28. The van der Waals surface area contributed by atoms with Crippen molar-refractivity contribution in [2.45, 2.75) is 82.0 Å². The molecule has 4 atom stereocenters. The van der Waals surface area contributed by atoms with Crippen LogP contribution in [0.4, 0.5) is 0 Å². The maximum absolute atomic E-state index is 13.0. The van der Waals surface area contributed by atoms with Gasteiger partial charge in [-0.1, -0.05) is 0 Å². The van der Waals surface area contributed by atoms with E-state index in [9.17, 15) is 38.7 Å². The van der Waals surface area contributed by atoms with Crippen LogP contribution in [-0.2, 0) is 33.6 Å². The van der Waals surface area contributed by atoms with Gasteiger partial charge in [-0.2, -0.15) is 0 Å². The first-order valence-corrected chi connectivity index (χ1v) is 15.5. The van der Waals surface area contributed by atoms with Crippen molar-refractivity contribution in [3.63, 3.8) is 0 Å². The number of carboxylic acid groups (broad SMARTS) is 2. The Labute approximate surface area is 283 Å². The zero-order valence-corrected chi connectivity index (χ0v) is 27.3. The van der Waals surface area contributed by atoms with Crippen LogP contribution in [0.15, 0.2) is 9.98 Å². The van der Waals surface area contributed by atoms with E-state index in [0.717, 1.165) is 0 Å². The number of nitrogens with zero attached hydrogens (tertiary/aromatic N) is 2. The average molecular weight is 702 g/mol. The predicted molar refractivity (Wildman–Crippen MR) is 177 cm³/mol. The maximum Gasteiger partial charge on any atom is 0.326 e. The van der Waals surface area contributed by atoms with Crippen LogP contribution in [-0.4, -0.2) is 120 Å². The Balaban J connectivity index is 5.35. The molecule has 5 amide bonds. The number of hydrogen-bond donors (Lipinski definition) is 13. The molecule has 0 aliphatic heterocycles. The first kappa shape index (κ1) is 43.8. The second kappa shape index (κ2) is 24.9. The van der Waals surface area contributed by atoms with Crippen LogP contribution in [0.3, 0.4) is 0 Å². The Morgan fingerprint density at radius 1 is 0.592 bits per heavy atom. The van der Waals surface area contributed by atoms with Crippen molar-refractivity contribution in [1.82, 2.24) is 26.6 Å². The van der Waals surface area contributed by atoms with E-state index in [2.05, 4.69) is 36.6 Å². The van der Waals surface area contributed by atoms with Crippen LogP contribution in [0.25, 0.3) is 0 Å². The Kier molecular flexibility index (Phi) is 22.2. The van der Waals surface area contributed by atoms with Gasteiger partial charge in [-0.15, -0.1) is 0 Å². The molecule has 0 aliphatic carbocycles. The molecule has 0 aromatic carbocycles. The molecule has 0 heterocycles. The molecule has 22 heteroatoms. The Bertz CT molecular complexity index is 1170. The number of guanidine groups is 2. The summed E-state index contributed by atoms with van der Waals surface area (Å²) in [5.41, 5.74) is 32.3. The fraction of sp³-hybridized carbons (Fsp3) is 0.667. The van der Waals surface area contributed by atoms with Crippen molar-refractivity contribution >= 4 is 53.4 Å². The van der Waals surface area contributed by atoms with Gasteiger partial charge in [0.15, 0.2) is 11.9 Å². The number of carbonyl (C=O) groups is 7. The minimum atomic E-state index is -1.44. The third-order valence-corrected chi connectivity index (χ3v) is 6.61. The van der Waals surface area contributed by atoms with E-state index in [1.807, 2.05) is 0 Å². The fourth-order valence-electron chi connectivity index (χ4n) is 4.06. The van der Waals surface area contributed by atoms with Crippen LogP contribution < -0.4 is 61.0 Å². The van der Waals surface area contributed by atoms with E-state index in [-0.39, 0.29) is 57.1 Å². The highest BCUT2D eigenvalue weighted by atomic mass is 16.4. The zero-order valence-electron chi connectivity index (χ0n) is 27.3. The van der Waals surface area contributed by atoms with Crippen LogP contribution in [0.5, 0.6) is 0 Å². The van der Waals surface area contributed by atoms with Crippen LogP contribution in [0.1, 0.15) is 57.8 Å². The summed E-state index contributed by atoms with van der Waals surface area (Å²) in [5, 5.41) is 30.2. The summed E-state index contributed by atoms with van der Waals surface area (Å²) in [6, 6.07) is -4.90. The predicted octanol–water partition coefficient (Wildman–Crippen LogP) is -5.81. The smallest absolute Gasteiger partial charge is 0.326 e. The standard InChI is InChI=1S/C27H51N13O9/c28-10-2-1-6-18(25(48)49)40-24(47)17(8-9-21(43)44)39-20(42)14-37-23(46)16(7-4-12-35-27(32)33)38-19(41)13-36-22(45)15(29)5-3-11-34-26(30)31/h15-18H,1-14,28-29H2,(H,36,45)(H,37,46)(H,38,41)(H,39,42)(H,40,47)(H,43,44)(H,48,49)(H4,30,31,34)(H4,32,33,35)/t15-,16-,17-,18-/m0/s1. The number of nitrogens with two attached hydrogens (primary N) is 6. The van der Waals surface area contributed by atoms with E-state index >= 15 is 0 Å². The molecule has 22 nitrogen and oxygen atoms in total. The second-order valence-electron chi connectivity index (χ2n) is 10.8. The van der Waals surface area contributed by atoms with Gasteiger partial charge in [0.25, 0.3) is 0 Å². The van der Waals surface area contributed by atoms with E-state index in [1.165, 1.54) is 0 Å². The van der Waals surface area contributed by atoms with E-state index in [1.54, 1.807) is 0 Å². The number of rotatable bonds is 26. The molecule has 0 rings (SSSR count). The molecular weight excluding hydrogens is 650 g/mol. The van der Waals surface area contributed by atoms with E-state index in [0.29, 0.717) is 25.8 Å². The molecular formula is C27H51N13O9. The number of amides is 5. The van der Waals surface area contributed by atoms with E-state index in [4.69, 9.17) is 39.5 Å². The number of aliphatic imine (C=N–C) groups is 2. The Morgan fingerprint density at radius 3 is 1.57 bits per heavy atom. The zero-order chi connectivity index (χ0) is 37.4. The molecule has 0 saturated carbocycles.